The summed E-state index contributed by atoms with van der Waals surface area (Å²) in [5, 5.41) is 0. The van der Waals surface area contributed by atoms with Gasteiger partial charge in [-0.15, -0.1) is 0 Å². The molecular formula is C19H55BO3Si6. The van der Waals surface area contributed by atoms with E-state index in [1.54, 1.807) is 11.3 Å². The highest BCUT2D eigenvalue weighted by Gasteiger charge is 2.37. The van der Waals surface area contributed by atoms with Gasteiger partial charge < -0.3 is 13.0 Å². The van der Waals surface area contributed by atoms with Gasteiger partial charge in [0.05, 0.1) is 0 Å². The summed E-state index contributed by atoms with van der Waals surface area (Å²) >= 11 is 0. The monoisotopic (exact) mass is 510 g/mol. The minimum atomic E-state index is -1.63. The maximum absolute atomic E-state index is 5.95. The molecule has 0 aromatic heterocycles. The highest BCUT2D eigenvalue weighted by atomic mass is 28.4. The lowest BCUT2D eigenvalue weighted by atomic mass is 10.3. The molecular weight excluding hydrogens is 456 g/mol. The molecule has 0 aromatic carbocycles. The van der Waals surface area contributed by atoms with Gasteiger partial charge in [0.1, 0.15) is 0 Å². The standard InChI is InChI=1S/C10H28Si3.C9H27BO3Si3/c1-11(2,3)9-13(7,8)10-12(4,5)6;1-14(2,3)11-10(12-15(4,5)6)13-16(7,8)9/h9-10H2,1-8H3;1-9H3. The predicted octanol–water partition coefficient (Wildman–Crippen LogP) is 7.98. The molecule has 0 radical (unpaired) electrons. The Morgan fingerprint density at radius 2 is 0.621 bits per heavy atom. The normalized spacial score (nSPS) is 14.4. The molecule has 176 valence electrons. The van der Waals surface area contributed by atoms with Crippen LogP contribution in [0.3, 0.4) is 0 Å². The fourth-order valence-electron chi connectivity index (χ4n) is 3.87. The van der Waals surface area contributed by atoms with Crippen molar-refractivity contribution >= 4 is 56.5 Å². The van der Waals surface area contributed by atoms with E-state index in [9.17, 15) is 0 Å². The molecule has 0 fully saturated rings. The molecule has 0 atom stereocenters. The molecule has 0 rings (SSSR count). The third-order valence-electron chi connectivity index (χ3n) is 3.37. The van der Waals surface area contributed by atoms with Crippen LogP contribution in [0.1, 0.15) is 0 Å². The van der Waals surface area contributed by atoms with Crippen LogP contribution < -0.4 is 0 Å². The Labute approximate surface area is 191 Å². The number of rotatable bonds is 10. The van der Waals surface area contributed by atoms with E-state index in [1.807, 2.05) is 0 Å². The van der Waals surface area contributed by atoms with E-state index in [0.717, 1.165) is 0 Å². The Balaban J connectivity index is 0. The van der Waals surface area contributed by atoms with Crippen LogP contribution in [0.5, 0.6) is 0 Å². The number of hydrogen-bond acceptors (Lipinski definition) is 3. The van der Waals surface area contributed by atoms with Gasteiger partial charge in [-0.2, -0.15) is 0 Å². The largest absolute Gasteiger partial charge is 0.606 e. The van der Waals surface area contributed by atoms with Crippen LogP contribution in [0.4, 0.5) is 0 Å². The minimum absolute atomic E-state index is 0.454. The molecule has 10 heteroatoms. The zero-order chi connectivity index (χ0) is 24.1. The second kappa shape index (κ2) is 11.4. The topological polar surface area (TPSA) is 27.7 Å². The molecule has 0 N–H and O–H groups in total. The van der Waals surface area contributed by atoms with Crippen molar-refractivity contribution in [2.45, 2.75) is 123 Å². The zero-order valence-electron chi connectivity index (χ0n) is 23.2. The average Bonchev–Trinajstić information content (AvgIpc) is 2.11. The molecule has 29 heavy (non-hydrogen) atoms. The van der Waals surface area contributed by atoms with Crippen molar-refractivity contribution in [1.29, 1.82) is 0 Å². The Kier molecular flexibility index (Phi) is 12.7. The summed E-state index contributed by atoms with van der Waals surface area (Å²) in [5.74, 6) is 0. The second-order valence-electron chi connectivity index (χ2n) is 14.6. The first-order valence-corrected chi connectivity index (χ1v) is 32.3. The summed E-state index contributed by atoms with van der Waals surface area (Å²) in [6.45, 7) is 39.7. The Bertz CT molecular complexity index is 413. The summed E-state index contributed by atoms with van der Waals surface area (Å²) in [6, 6.07) is 0. The van der Waals surface area contributed by atoms with Crippen LogP contribution in [0.15, 0.2) is 0 Å². The SMILES string of the molecule is C[Si](C)(C)C[Si](C)(C)C[Si](C)(C)C.C[Si](C)(C)OB(O[Si](C)(C)C)O[Si](C)(C)C. The first-order valence-electron chi connectivity index (χ1n) is 11.2. The van der Waals surface area contributed by atoms with Gasteiger partial charge in [0.25, 0.3) is 0 Å². The average molecular weight is 511 g/mol. The first-order chi connectivity index (χ1) is 12.2. The Morgan fingerprint density at radius 1 is 0.414 bits per heavy atom. The van der Waals surface area contributed by atoms with E-state index in [4.69, 9.17) is 13.0 Å². The van der Waals surface area contributed by atoms with Crippen molar-refractivity contribution < 1.29 is 13.0 Å². The van der Waals surface area contributed by atoms with Crippen LogP contribution in [-0.4, -0.2) is 56.5 Å². The van der Waals surface area contributed by atoms with Crippen molar-refractivity contribution in [3.05, 3.63) is 0 Å². The lowest BCUT2D eigenvalue weighted by molar-refractivity contribution is 0.300. The molecule has 0 aliphatic heterocycles. The number of hydrogen-bond donors (Lipinski definition) is 0. The highest BCUT2D eigenvalue weighted by Crippen LogP contribution is 2.27. The molecule has 0 unspecified atom stereocenters. The van der Waals surface area contributed by atoms with Gasteiger partial charge >= 0.3 is 7.32 Å². The second-order valence-corrected chi connectivity index (χ2v) is 45.4. The summed E-state index contributed by atoms with van der Waals surface area (Å²) in [5.41, 5.74) is 3.23. The van der Waals surface area contributed by atoms with Crippen molar-refractivity contribution in [3.63, 3.8) is 0 Å². The zero-order valence-corrected chi connectivity index (χ0v) is 29.2. The molecule has 0 amide bonds. The van der Waals surface area contributed by atoms with Gasteiger partial charge in [0.15, 0.2) is 25.0 Å². The maximum Gasteiger partial charge on any atom is 0.606 e. The van der Waals surface area contributed by atoms with Gasteiger partial charge in [-0.3, -0.25) is 0 Å². The fourth-order valence-corrected chi connectivity index (χ4v) is 30.8. The van der Waals surface area contributed by atoms with E-state index < -0.39 is 56.5 Å². The van der Waals surface area contributed by atoms with Crippen molar-refractivity contribution in [2.24, 2.45) is 0 Å². The van der Waals surface area contributed by atoms with Crippen molar-refractivity contribution in [1.82, 2.24) is 0 Å². The lowest BCUT2D eigenvalue weighted by Gasteiger charge is -2.34. The van der Waals surface area contributed by atoms with Gasteiger partial charge in [0, 0.05) is 24.2 Å². The third-order valence-corrected chi connectivity index (χ3v) is 22.2. The maximum atomic E-state index is 5.95. The van der Waals surface area contributed by atoms with Gasteiger partial charge in [-0.25, -0.2) is 0 Å². The van der Waals surface area contributed by atoms with Gasteiger partial charge in [0.2, 0.25) is 0 Å². The van der Waals surface area contributed by atoms with Gasteiger partial charge in [-0.05, 0) is 58.9 Å². The van der Waals surface area contributed by atoms with E-state index >= 15 is 0 Å². The molecule has 0 aromatic rings. The van der Waals surface area contributed by atoms with E-state index in [2.05, 4.69) is 111 Å². The van der Waals surface area contributed by atoms with E-state index in [0.29, 0.717) is 0 Å². The molecule has 0 bridgehead atoms. The van der Waals surface area contributed by atoms with Crippen LogP contribution in [0.2, 0.25) is 123 Å². The summed E-state index contributed by atoms with van der Waals surface area (Å²) in [6.07, 6.45) is 0. The van der Waals surface area contributed by atoms with Crippen LogP contribution in [0, 0.1) is 0 Å². The molecule has 0 aliphatic carbocycles. The van der Waals surface area contributed by atoms with E-state index in [1.165, 1.54) is 0 Å². The van der Waals surface area contributed by atoms with Crippen molar-refractivity contribution in [2.75, 3.05) is 0 Å². The van der Waals surface area contributed by atoms with Crippen LogP contribution in [-0.2, 0) is 13.0 Å². The quantitative estimate of drug-likeness (QED) is 0.279. The lowest BCUT2D eigenvalue weighted by Crippen LogP contribution is -2.49. The smallest absolute Gasteiger partial charge is 0.430 e. The Morgan fingerprint density at radius 3 is 0.759 bits per heavy atom. The first kappa shape index (κ1) is 32.4. The Hall–Kier alpha value is 1.25. The molecule has 0 aliphatic rings. The fraction of sp³-hybridized carbons (Fsp3) is 1.00. The van der Waals surface area contributed by atoms with Crippen LogP contribution in [0.25, 0.3) is 0 Å². The molecule has 0 spiro atoms. The molecule has 0 saturated heterocycles. The molecule has 0 heterocycles. The summed E-state index contributed by atoms with van der Waals surface area (Å²) < 4.78 is 17.9. The van der Waals surface area contributed by atoms with Crippen LogP contribution >= 0.6 is 0 Å². The minimum Gasteiger partial charge on any atom is -0.430 e. The summed E-state index contributed by atoms with van der Waals surface area (Å²) in [4.78, 5) is 0. The molecule has 0 saturated carbocycles. The van der Waals surface area contributed by atoms with Gasteiger partial charge in [-0.1, -0.05) is 63.7 Å². The third kappa shape index (κ3) is 27.2. The van der Waals surface area contributed by atoms with E-state index in [-0.39, 0.29) is 0 Å². The molecule has 3 nitrogen and oxygen atoms in total. The predicted molar refractivity (Wildman–Crippen MR) is 153 cm³/mol. The van der Waals surface area contributed by atoms with Crippen molar-refractivity contribution in [3.8, 4) is 0 Å². The summed E-state index contributed by atoms with van der Waals surface area (Å²) in [7, 11) is -7.80. The highest BCUT2D eigenvalue weighted by molar-refractivity contribution is 7.01.